The lowest BCUT2D eigenvalue weighted by Gasteiger charge is -2.38. The molecule has 32 heavy (non-hydrogen) atoms. The van der Waals surface area contributed by atoms with Crippen LogP contribution in [-0.4, -0.2) is 60.5 Å². The fourth-order valence-electron chi connectivity index (χ4n) is 4.44. The van der Waals surface area contributed by atoms with Crippen LogP contribution < -0.4 is 4.90 Å². The number of carbonyl (C=O) groups is 1. The molecule has 0 atom stereocenters. The largest absolute Gasteiger partial charge is 0.341 e. The number of piperidine rings is 1. The van der Waals surface area contributed by atoms with E-state index in [1.54, 1.807) is 12.4 Å². The Morgan fingerprint density at radius 3 is 2.28 bits per heavy atom. The quantitative estimate of drug-likeness (QED) is 0.596. The van der Waals surface area contributed by atoms with Gasteiger partial charge >= 0.3 is 0 Å². The predicted molar refractivity (Wildman–Crippen MR) is 122 cm³/mol. The van der Waals surface area contributed by atoms with E-state index < -0.39 is 0 Å². The maximum absolute atomic E-state index is 13.4. The molecular formula is C24H29N7O. The van der Waals surface area contributed by atoms with Crippen molar-refractivity contribution < 1.29 is 4.79 Å². The lowest BCUT2D eigenvalue weighted by Crippen LogP contribution is -2.48. The standard InChI is InChI=1S/C24H29N7O/c1-3-18-14-27-24(28-15-18)29-11-8-21(9-12-29)31(20-5-6-20)23(32)19-4-7-22(26-16-19)30-13-10-25-17(30)2/h4,7,10,13-16,20-21H,3,5-6,8-9,11-12H2,1-2H3. The van der Waals surface area contributed by atoms with Gasteiger partial charge in [-0.15, -0.1) is 0 Å². The van der Waals surface area contributed by atoms with E-state index in [0.29, 0.717) is 11.6 Å². The number of rotatable bonds is 6. The van der Waals surface area contributed by atoms with Crippen LogP contribution in [0.1, 0.15) is 54.4 Å². The number of amides is 1. The zero-order valence-electron chi connectivity index (χ0n) is 18.7. The molecule has 0 bridgehead atoms. The molecule has 1 saturated carbocycles. The topological polar surface area (TPSA) is 80.0 Å². The van der Waals surface area contributed by atoms with Crippen LogP contribution in [0.5, 0.6) is 0 Å². The lowest BCUT2D eigenvalue weighted by atomic mass is 10.0. The first kappa shape index (κ1) is 20.6. The van der Waals surface area contributed by atoms with Gasteiger partial charge in [-0.05, 0) is 56.7 Å². The van der Waals surface area contributed by atoms with Gasteiger partial charge in [-0.25, -0.2) is 19.9 Å². The summed E-state index contributed by atoms with van der Waals surface area (Å²) in [6.45, 7) is 5.77. The Hall–Kier alpha value is -3.29. The summed E-state index contributed by atoms with van der Waals surface area (Å²) < 4.78 is 1.91. The lowest BCUT2D eigenvalue weighted by molar-refractivity contribution is 0.0630. The average Bonchev–Trinajstić information content (AvgIpc) is 3.58. The summed E-state index contributed by atoms with van der Waals surface area (Å²) in [4.78, 5) is 35.6. The normalized spacial score (nSPS) is 16.9. The third kappa shape index (κ3) is 4.09. The van der Waals surface area contributed by atoms with Gasteiger partial charge in [0.05, 0.1) is 5.56 Å². The van der Waals surface area contributed by atoms with Crippen molar-refractivity contribution in [2.45, 2.75) is 58.0 Å². The molecular weight excluding hydrogens is 402 g/mol. The number of aryl methyl sites for hydroxylation is 2. The Labute approximate surface area is 188 Å². The molecule has 8 nitrogen and oxygen atoms in total. The van der Waals surface area contributed by atoms with Crippen molar-refractivity contribution in [3.63, 3.8) is 0 Å². The summed E-state index contributed by atoms with van der Waals surface area (Å²) in [5.74, 6) is 2.53. The number of anilines is 1. The molecule has 5 rings (SSSR count). The van der Waals surface area contributed by atoms with Crippen LogP contribution in [0.15, 0.2) is 43.1 Å². The van der Waals surface area contributed by atoms with Crippen molar-refractivity contribution in [2.24, 2.45) is 0 Å². The summed E-state index contributed by atoms with van der Waals surface area (Å²) in [7, 11) is 0. The number of pyridine rings is 1. The number of carbonyl (C=O) groups excluding carboxylic acids is 1. The van der Waals surface area contributed by atoms with Crippen LogP contribution in [0.25, 0.3) is 5.82 Å². The Morgan fingerprint density at radius 2 is 1.72 bits per heavy atom. The van der Waals surface area contributed by atoms with Crippen LogP contribution in [0, 0.1) is 6.92 Å². The van der Waals surface area contributed by atoms with E-state index in [2.05, 4.69) is 36.7 Å². The molecule has 0 radical (unpaired) electrons. The van der Waals surface area contributed by atoms with E-state index >= 15 is 0 Å². The molecule has 8 heteroatoms. The molecule has 0 aromatic carbocycles. The monoisotopic (exact) mass is 431 g/mol. The summed E-state index contributed by atoms with van der Waals surface area (Å²) in [5, 5.41) is 0. The van der Waals surface area contributed by atoms with Crippen molar-refractivity contribution in [1.29, 1.82) is 0 Å². The van der Waals surface area contributed by atoms with Crippen molar-refractivity contribution >= 4 is 11.9 Å². The second-order valence-corrected chi connectivity index (χ2v) is 8.66. The maximum Gasteiger partial charge on any atom is 0.255 e. The number of imidazole rings is 1. The first-order chi connectivity index (χ1) is 15.6. The van der Waals surface area contributed by atoms with Crippen LogP contribution in [0.4, 0.5) is 5.95 Å². The minimum Gasteiger partial charge on any atom is -0.341 e. The van der Waals surface area contributed by atoms with Gasteiger partial charge < -0.3 is 9.80 Å². The highest BCUT2D eigenvalue weighted by molar-refractivity contribution is 5.94. The second-order valence-electron chi connectivity index (χ2n) is 8.66. The van der Waals surface area contributed by atoms with Crippen molar-refractivity contribution in [3.8, 4) is 5.82 Å². The molecule has 0 spiro atoms. The first-order valence-electron chi connectivity index (χ1n) is 11.5. The Kier molecular flexibility index (Phi) is 5.59. The molecule has 1 aliphatic carbocycles. The molecule has 3 aromatic rings. The highest BCUT2D eigenvalue weighted by Crippen LogP contribution is 2.33. The third-order valence-electron chi connectivity index (χ3n) is 6.48. The molecule has 1 saturated heterocycles. The fraction of sp³-hybridized carbons (Fsp3) is 0.458. The number of nitrogens with zero attached hydrogens (tertiary/aromatic N) is 7. The van der Waals surface area contributed by atoms with Crippen LogP contribution in [-0.2, 0) is 6.42 Å². The van der Waals surface area contributed by atoms with Crippen molar-refractivity contribution in [1.82, 2.24) is 29.4 Å². The maximum atomic E-state index is 13.4. The van der Waals surface area contributed by atoms with Gasteiger partial charge in [0, 0.05) is 56.2 Å². The second kappa shape index (κ2) is 8.68. The molecule has 1 aliphatic heterocycles. The SMILES string of the molecule is CCc1cnc(N2CCC(N(C(=O)c3ccc(-n4ccnc4C)nc3)C3CC3)CC2)nc1. The van der Waals surface area contributed by atoms with Crippen LogP contribution in [0.3, 0.4) is 0 Å². The van der Waals surface area contributed by atoms with Gasteiger partial charge in [0.1, 0.15) is 11.6 Å². The van der Waals surface area contributed by atoms with Crippen LogP contribution >= 0.6 is 0 Å². The molecule has 3 aromatic heterocycles. The van der Waals surface area contributed by atoms with Crippen molar-refractivity contribution in [2.75, 3.05) is 18.0 Å². The number of hydrogen-bond donors (Lipinski definition) is 0. The van der Waals surface area contributed by atoms with Gasteiger partial charge in [-0.2, -0.15) is 0 Å². The highest BCUT2D eigenvalue weighted by Gasteiger charge is 2.39. The van der Waals surface area contributed by atoms with E-state index in [1.807, 2.05) is 42.2 Å². The molecule has 2 aliphatic rings. The highest BCUT2D eigenvalue weighted by atomic mass is 16.2. The number of hydrogen-bond acceptors (Lipinski definition) is 6. The predicted octanol–water partition coefficient (Wildman–Crippen LogP) is 3.20. The molecule has 4 heterocycles. The summed E-state index contributed by atoms with van der Waals surface area (Å²) in [6, 6.07) is 4.39. The smallest absolute Gasteiger partial charge is 0.255 e. The molecule has 1 amide bonds. The summed E-state index contributed by atoms with van der Waals surface area (Å²) in [6.07, 6.45) is 14.1. The first-order valence-corrected chi connectivity index (χ1v) is 11.5. The fourth-order valence-corrected chi connectivity index (χ4v) is 4.44. The Morgan fingerprint density at radius 1 is 1.00 bits per heavy atom. The van der Waals surface area contributed by atoms with E-state index in [4.69, 9.17) is 0 Å². The van der Waals surface area contributed by atoms with E-state index in [9.17, 15) is 4.79 Å². The molecule has 0 N–H and O–H groups in total. The minimum absolute atomic E-state index is 0.0934. The average molecular weight is 432 g/mol. The summed E-state index contributed by atoms with van der Waals surface area (Å²) in [5.41, 5.74) is 1.80. The van der Waals surface area contributed by atoms with E-state index in [1.165, 1.54) is 0 Å². The minimum atomic E-state index is 0.0934. The van der Waals surface area contributed by atoms with Gasteiger partial charge in [0.25, 0.3) is 5.91 Å². The molecule has 0 unspecified atom stereocenters. The van der Waals surface area contributed by atoms with Crippen LogP contribution in [0.2, 0.25) is 0 Å². The van der Waals surface area contributed by atoms with Gasteiger partial charge in [0.2, 0.25) is 5.95 Å². The van der Waals surface area contributed by atoms with Crippen molar-refractivity contribution in [3.05, 3.63) is 60.1 Å². The molecule has 2 fully saturated rings. The third-order valence-corrected chi connectivity index (χ3v) is 6.48. The van der Waals surface area contributed by atoms with E-state index in [0.717, 1.165) is 68.3 Å². The van der Waals surface area contributed by atoms with Gasteiger partial charge in [0.15, 0.2) is 0 Å². The summed E-state index contributed by atoms with van der Waals surface area (Å²) >= 11 is 0. The zero-order valence-corrected chi connectivity index (χ0v) is 18.7. The zero-order chi connectivity index (χ0) is 22.1. The number of aromatic nitrogens is 5. The van der Waals surface area contributed by atoms with E-state index in [-0.39, 0.29) is 11.9 Å². The Bertz CT molecular complexity index is 1060. The molecule has 166 valence electrons. The van der Waals surface area contributed by atoms with Gasteiger partial charge in [-0.1, -0.05) is 6.92 Å². The van der Waals surface area contributed by atoms with Gasteiger partial charge in [-0.3, -0.25) is 9.36 Å². The Balaban J connectivity index is 1.27.